The van der Waals surface area contributed by atoms with Gasteiger partial charge in [0.2, 0.25) is 0 Å². The molecule has 0 amide bonds. The molecule has 0 heterocycles. The predicted molar refractivity (Wildman–Crippen MR) is 86.0 cm³/mol. The number of allylic oxidation sites excluding steroid dienone is 8. The van der Waals surface area contributed by atoms with Gasteiger partial charge in [0.05, 0.1) is 0 Å². The Hall–Kier alpha value is -1.18. The fourth-order valence-corrected chi connectivity index (χ4v) is 5.21. The number of hydrogen-bond acceptors (Lipinski definition) is 0. The molecule has 118 valence electrons. The maximum atomic E-state index is 15.9. The van der Waals surface area contributed by atoms with Crippen LogP contribution in [0.3, 0.4) is 0 Å². The summed E-state index contributed by atoms with van der Waals surface area (Å²) in [5.74, 6) is -0.0116. The maximum Gasteiger partial charge on any atom is 0.138 e. The van der Waals surface area contributed by atoms with Crippen molar-refractivity contribution in [2.24, 2.45) is 17.8 Å². The molecular formula is C20H24F2. The van der Waals surface area contributed by atoms with Crippen LogP contribution in [0.1, 0.15) is 45.4 Å². The van der Waals surface area contributed by atoms with E-state index in [9.17, 15) is 0 Å². The minimum Gasteiger partial charge on any atom is -0.239 e. The highest BCUT2D eigenvalue weighted by atomic mass is 19.2. The summed E-state index contributed by atoms with van der Waals surface area (Å²) in [6.45, 7) is 1.81. The predicted octanol–water partition coefficient (Wildman–Crippen LogP) is 5.63. The Bertz CT molecular complexity index is 545. The monoisotopic (exact) mass is 302 g/mol. The zero-order chi connectivity index (χ0) is 15.4. The fourth-order valence-electron chi connectivity index (χ4n) is 5.21. The summed E-state index contributed by atoms with van der Waals surface area (Å²) >= 11 is 0. The lowest BCUT2D eigenvalue weighted by Crippen LogP contribution is -2.45. The molecule has 0 spiro atoms. The molecule has 0 aromatic rings. The Balaban J connectivity index is 1.70. The van der Waals surface area contributed by atoms with Crippen molar-refractivity contribution in [3.05, 3.63) is 47.6 Å². The van der Waals surface area contributed by atoms with Gasteiger partial charge in [-0.25, -0.2) is 8.78 Å². The van der Waals surface area contributed by atoms with Crippen LogP contribution < -0.4 is 0 Å². The van der Waals surface area contributed by atoms with Crippen molar-refractivity contribution < 1.29 is 8.78 Å². The summed E-state index contributed by atoms with van der Waals surface area (Å²) in [6.07, 6.45) is 16.4. The minimum absolute atomic E-state index is 0.290. The van der Waals surface area contributed by atoms with Crippen LogP contribution in [0.4, 0.5) is 8.78 Å². The maximum absolute atomic E-state index is 15.9. The zero-order valence-corrected chi connectivity index (χ0v) is 13.2. The van der Waals surface area contributed by atoms with E-state index in [-0.39, 0.29) is 0 Å². The minimum atomic E-state index is -1.47. The third kappa shape index (κ3) is 1.85. The van der Waals surface area contributed by atoms with E-state index >= 15 is 8.78 Å². The topological polar surface area (TPSA) is 0 Å². The normalized spacial score (nSPS) is 44.3. The van der Waals surface area contributed by atoms with Gasteiger partial charge in [0.15, 0.2) is 0 Å². The van der Waals surface area contributed by atoms with E-state index in [4.69, 9.17) is 0 Å². The second-order valence-corrected chi connectivity index (χ2v) is 7.49. The highest BCUT2D eigenvalue weighted by Gasteiger charge is 2.59. The molecule has 0 radical (unpaired) electrons. The van der Waals surface area contributed by atoms with Crippen LogP contribution in [0.5, 0.6) is 0 Å². The van der Waals surface area contributed by atoms with Crippen LogP contribution >= 0.6 is 0 Å². The van der Waals surface area contributed by atoms with Gasteiger partial charge in [0, 0.05) is 5.92 Å². The van der Waals surface area contributed by atoms with E-state index in [2.05, 4.69) is 12.2 Å². The summed E-state index contributed by atoms with van der Waals surface area (Å²) in [5, 5.41) is 0. The van der Waals surface area contributed by atoms with Crippen molar-refractivity contribution >= 4 is 0 Å². The molecule has 0 nitrogen and oxygen atoms in total. The van der Waals surface area contributed by atoms with Gasteiger partial charge in [-0.05, 0) is 61.5 Å². The van der Waals surface area contributed by atoms with Gasteiger partial charge in [-0.15, -0.1) is 0 Å². The molecule has 2 heteroatoms. The molecule has 0 aliphatic heterocycles. The molecule has 22 heavy (non-hydrogen) atoms. The molecule has 4 aliphatic rings. The molecule has 4 rings (SSSR count). The quantitative estimate of drug-likeness (QED) is 0.620. The van der Waals surface area contributed by atoms with Crippen LogP contribution in [0, 0.1) is 17.8 Å². The van der Waals surface area contributed by atoms with Gasteiger partial charge in [0.25, 0.3) is 0 Å². The fraction of sp³-hybridized carbons (Fsp3) is 0.600. The van der Waals surface area contributed by atoms with Gasteiger partial charge in [-0.3, -0.25) is 0 Å². The Morgan fingerprint density at radius 3 is 1.82 bits per heavy atom. The number of alkyl halides is 2. The molecule has 0 aromatic carbocycles. The van der Waals surface area contributed by atoms with Gasteiger partial charge in [-0.2, -0.15) is 0 Å². The summed E-state index contributed by atoms with van der Waals surface area (Å²) in [5.41, 5.74) is -1.23. The molecule has 4 aliphatic carbocycles. The first kappa shape index (κ1) is 14.4. The number of halogens is 2. The van der Waals surface area contributed by atoms with Crippen LogP contribution in [-0.4, -0.2) is 11.3 Å². The molecular weight excluding hydrogens is 278 g/mol. The van der Waals surface area contributed by atoms with Crippen LogP contribution in [0.2, 0.25) is 0 Å². The number of fused-ring (bicyclic) bond motifs is 2. The third-order valence-electron chi connectivity index (χ3n) is 6.59. The molecule has 4 atom stereocenters. The number of rotatable bonds is 2. The molecule has 2 fully saturated rings. The SMILES string of the molecule is CC(C1(F)CCC2CC=CC=C21)C1(F)CCC2CC=CC=C21. The van der Waals surface area contributed by atoms with Gasteiger partial charge in [-0.1, -0.05) is 43.4 Å². The van der Waals surface area contributed by atoms with E-state index in [0.717, 1.165) is 36.8 Å². The van der Waals surface area contributed by atoms with Crippen molar-refractivity contribution in [1.82, 2.24) is 0 Å². The molecule has 0 saturated heterocycles. The van der Waals surface area contributed by atoms with E-state index in [0.29, 0.717) is 24.7 Å². The molecule has 0 N–H and O–H groups in total. The first-order chi connectivity index (χ1) is 10.6. The second kappa shape index (κ2) is 4.91. The smallest absolute Gasteiger partial charge is 0.138 e. The number of hydrogen-bond donors (Lipinski definition) is 0. The van der Waals surface area contributed by atoms with Gasteiger partial charge >= 0.3 is 0 Å². The second-order valence-electron chi connectivity index (χ2n) is 7.49. The molecule has 2 saturated carbocycles. The standard InChI is InChI=1S/C20H24F2/c1-14(19(21)12-10-15-6-2-4-8-17(15)19)20(22)13-11-16-7-3-5-9-18(16)20/h2-5,8-9,14-16H,6-7,10-13H2,1H3. The average molecular weight is 302 g/mol. The van der Waals surface area contributed by atoms with Crippen LogP contribution in [0.25, 0.3) is 0 Å². The average Bonchev–Trinajstić information content (AvgIpc) is 3.08. The Morgan fingerprint density at radius 1 is 0.909 bits per heavy atom. The molecule has 4 unspecified atom stereocenters. The lowest BCUT2D eigenvalue weighted by atomic mass is 9.70. The van der Waals surface area contributed by atoms with Crippen LogP contribution in [0.15, 0.2) is 47.6 Å². The van der Waals surface area contributed by atoms with Crippen LogP contribution in [-0.2, 0) is 0 Å². The summed E-state index contributed by atoms with van der Waals surface area (Å²) < 4.78 is 31.8. The third-order valence-corrected chi connectivity index (χ3v) is 6.59. The van der Waals surface area contributed by atoms with Crippen molar-refractivity contribution in [3.63, 3.8) is 0 Å². The largest absolute Gasteiger partial charge is 0.239 e. The Morgan fingerprint density at radius 2 is 1.36 bits per heavy atom. The van der Waals surface area contributed by atoms with Gasteiger partial charge in [0.1, 0.15) is 11.3 Å². The van der Waals surface area contributed by atoms with Crippen molar-refractivity contribution in [3.8, 4) is 0 Å². The van der Waals surface area contributed by atoms with Crippen molar-refractivity contribution in [1.29, 1.82) is 0 Å². The highest BCUT2D eigenvalue weighted by Crippen LogP contribution is 2.59. The summed E-state index contributed by atoms with van der Waals surface area (Å²) in [4.78, 5) is 0. The summed E-state index contributed by atoms with van der Waals surface area (Å²) in [7, 11) is 0. The highest BCUT2D eigenvalue weighted by molar-refractivity contribution is 5.40. The first-order valence-corrected chi connectivity index (χ1v) is 8.68. The van der Waals surface area contributed by atoms with E-state index in [1.165, 1.54) is 0 Å². The van der Waals surface area contributed by atoms with E-state index in [1.54, 1.807) is 0 Å². The van der Waals surface area contributed by atoms with Gasteiger partial charge < -0.3 is 0 Å². The summed E-state index contributed by atoms with van der Waals surface area (Å²) in [6, 6.07) is 0. The van der Waals surface area contributed by atoms with E-state index in [1.807, 2.05) is 31.2 Å². The lowest BCUT2D eigenvalue weighted by Gasteiger charge is -2.40. The lowest BCUT2D eigenvalue weighted by molar-refractivity contribution is 0.0239. The van der Waals surface area contributed by atoms with Crippen molar-refractivity contribution in [2.45, 2.75) is 56.8 Å². The molecule has 0 bridgehead atoms. The Kier molecular flexibility index (Phi) is 3.22. The zero-order valence-electron chi connectivity index (χ0n) is 13.2. The molecule has 0 aromatic heterocycles. The van der Waals surface area contributed by atoms with Crippen molar-refractivity contribution in [2.75, 3.05) is 0 Å². The Labute approximate surface area is 131 Å². The van der Waals surface area contributed by atoms with E-state index < -0.39 is 17.3 Å². The first-order valence-electron chi connectivity index (χ1n) is 8.68.